The average Bonchev–Trinajstić information content (AvgIpc) is 2.39. The van der Waals surface area contributed by atoms with Gasteiger partial charge >= 0.3 is 0 Å². The third-order valence-corrected chi connectivity index (χ3v) is 3.77. The standard InChI is InChI=1S/C14H23N3OS/c1-4-16-14(18)11-6-7-13(12(15)8-11)17-10(3)9-19-5-2/h6-8,10,17H,4-5,9,15H2,1-3H3,(H,16,18). The van der Waals surface area contributed by atoms with E-state index < -0.39 is 0 Å². The molecule has 0 spiro atoms. The number of carbonyl (C=O) groups excluding carboxylic acids is 1. The highest BCUT2D eigenvalue weighted by atomic mass is 32.2. The maximum absolute atomic E-state index is 11.7. The number of amides is 1. The third kappa shape index (κ3) is 5.03. The second-order valence-electron chi connectivity index (χ2n) is 4.37. The summed E-state index contributed by atoms with van der Waals surface area (Å²) in [4.78, 5) is 11.7. The smallest absolute Gasteiger partial charge is 0.251 e. The quantitative estimate of drug-likeness (QED) is 0.672. The molecule has 1 aromatic rings. The molecular weight excluding hydrogens is 258 g/mol. The van der Waals surface area contributed by atoms with E-state index in [1.165, 1.54) is 0 Å². The van der Waals surface area contributed by atoms with Gasteiger partial charge in [0.2, 0.25) is 0 Å². The van der Waals surface area contributed by atoms with Gasteiger partial charge in [-0.1, -0.05) is 6.92 Å². The van der Waals surface area contributed by atoms with Crippen LogP contribution in [0.3, 0.4) is 0 Å². The predicted molar refractivity (Wildman–Crippen MR) is 84.9 cm³/mol. The highest BCUT2D eigenvalue weighted by Crippen LogP contribution is 2.21. The van der Waals surface area contributed by atoms with Crippen LogP contribution < -0.4 is 16.4 Å². The van der Waals surface area contributed by atoms with Crippen LogP contribution in [-0.4, -0.2) is 30.0 Å². The minimum Gasteiger partial charge on any atom is -0.397 e. The Bertz CT molecular complexity index is 423. The number of carbonyl (C=O) groups is 1. The van der Waals surface area contributed by atoms with Crippen molar-refractivity contribution in [2.75, 3.05) is 29.1 Å². The van der Waals surface area contributed by atoms with Crippen LogP contribution in [0.15, 0.2) is 18.2 Å². The van der Waals surface area contributed by atoms with E-state index in [2.05, 4.69) is 24.5 Å². The van der Waals surface area contributed by atoms with Gasteiger partial charge < -0.3 is 16.4 Å². The van der Waals surface area contributed by atoms with Crippen molar-refractivity contribution in [3.8, 4) is 0 Å². The van der Waals surface area contributed by atoms with Gasteiger partial charge in [-0.25, -0.2) is 0 Å². The number of benzene rings is 1. The lowest BCUT2D eigenvalue weighted by Gasteiger charge is -2.16. The minimum absolute atomic E-state index is 0.0877. The maximum Gasteiger partial charge on any atom is 0.251 e. The number of nitrogens with two attached hydrogens (primary N) is 1. The van der Waals surface area contributed by atoms with Gasteiger partial charge in [0.15, 0.2) is 0 Å². The monoisotopic (exact) mass is 281 g/mol. The summed E-state index contributed by atoms with van der Waals surface area (Å²) in [6, 6.07) is 5.73. The van der Waals surface area contributed by atoms with Gasteiger partial charge in [0.25, 0.3) is 5.91 Å². The van der Waals surface area contributed by atoms with Crippen LogP contribution in [0.4, 0.5) is 11.4 Å². The number of rotatable bonds is 7. The van der Waals surface area contributed by atoms with Crippen molar-refractivity contribution in [2.24, 2.45) is 0 Å². The molecule has 1 amide bonds. The van der Waals surface area contributed by atoms with E-state index in [0.29, 0.717) is 23.8 Å². The molecule has 0 fully saturated rings. The summed E-state index contributed by atoms with van der Waals surface area (Å²) < 4.78 is 0. The summed E-state index contributed by atoms with van der Waals surface area (Å²) >= 11 is 1.89. The third-order valence-electron chi connectivity index (χ3n) is 2.62. The van der Waals surface area contributed by atoms with Crippen molar-refractivity contribution < 1.29 is 4.79 Å². The van der Waals surface area contributed by atoms with E-state index in [9.17, 15) is 4.79 Å². The zero-order valence-electron chi connectivity index (χ0n) is 11.8. The maximum atomic E-state index is 11.7. The normalized spacial score (nSPS) is 11.9. The van der Waals surface area contributed by atoms with E-state index in [-0.39, 0.29) is 5.91 Å². The Morgan fingerprint density at radius 2 is 2.16 bits per heavy atom. The van der Waals surface area contributed by atoms with E-state index in [4.69, 9.17) is 5.73 Å². The average molecular weight is 281 g/mol. The Labute approximate surface area is 119 Å². The van der Waals surface area contributed by atoms with Crippen LogP contribution in [0.1, 0.15) is 31.1 Å². The topological polar surface area (TPSA) is 67.2 Å². The molecule has 0 aromatic heterocycles. The molecule has 4 nitrogen and oxygen atoms in total. The van der Waals surface area contributed by atoms with Crippen LogP contribution >= 0.6 is 11.8 Å². The number of hydrogen-bond donors (Lipinski definition) is 3. The summed E-state index contributed by atoms with van der Waals surface area (Å²) in [5.74, 6) is 2.06. The Kier molecular flexibility index (Phi) is 6.56. The van der Waals surface area contributed by atoms with Gasteiger partial charge in [-0.15, -0.1) is 0 Å². The van der Waals surface area contributed by atoms with Crippen molar-refractivity contribution in [3.05, 3.63) is 23.8 Å². The summed E-state index contributed by atoms with van der Waals surface area (Å²) in [5.41, 5.74) is 8.08. The van der Waals surface area contributed by atoms with E-state index >= 15 is 0 Å². The van der Waals surface area contributed by atoms with Crippen LogP contribution in [0, 0.1) is 0 Å². The first-order chi connectivity index (χ1) is 9.08. The lowest BCUT2D eigenvalue weighted by molar-refractivity contribution is 0.0956. The zero-order chi connectivity index (χ0) is 14.3. The number of hydrogen-bond acceptors (Lipinski definition) is 4. The van der Waals surface area contributed by atoms with E-state index in [0.717, 1.165) is 17.2 Å². The van der Waals surface area contributed by atoms with E-state index in [1.807, 2.05) is 24.8 Å². The molecule has 1 atom stereocenters. The highest BCUT2D eigenvalue weighted by Gasteiger charge is 2.09. The Morgan fingerprint density at radius 1 is 1.42 bits per heavy atom. The predicted octanol–water partition coefficient (Wildman–Crippen LogP) is 2.57. The van der Waals surface area contributed by atoms with Crippen molar-refractivity contribution in [1.82, 2.24) is 5.32 Å². The van der Waals surface area contributed by atoms with Crippen molar-refractivity contribution in [2.45, 2.75) is 26.8 Å². The number of nitrogen functional groups attached to an aromatic ring is 1. The second kappa shape index (κ2) is 7.94. The summed E-state index contributed by atoms with van der Waals surface area (Å²) in [6.45, 7) is 6.78. The van der Waals surface area contributed by atoms with E-state index in [1.54, 1.807) is 12.1 Å². The second-order valence-corrected chi connectivity index (χ2v) is 5.69. The van der Waals surface area contributed by atoms with Crippen LogP contribution in [0.2, 0.25) is 0 Å². The van der Waals surface area contributed by atoms with Gasteiger partial charge in [-0.05, 0) is 37.8 Å². The minimum atomic E-state index is -0.0877. The molecule has 5 heteroatoms. The molecule has 0 saturated carbocycles. The molecule has 0 aliphatic rings. The molecule has 106 valence electrons. The molecule has 0 aliphatic carbocycles. The Hall–Kier alpha value is -1.36. The van der Waals surface area contributed by atoms with Crippen molar-refractivity contribution in [1.29, 1.82) is 0 Å². The first kappa shape index (κ1) is 15.7. The van der Waals surface area contributed by atoms with Crippen molar-refractivity contribution in [3.63, 3.8) is 0 Å². The Morgan fingerprint density at radius 3 is 2.74 bits per heavy atom. The zero-order valence-corrected chi connectivity index (χ0v) is 12.6. The molecule has 0 saturated heterocycles. The first-order valence-electron chi connectivity index (χ1n) is 6.60. The summed E-state index contributed by atoms with van der Waals surface area (Å²) in [6.07, 6.45) is 0. The number of anilines is 2. The Balaban J connectivity index is 2.69. The molecule has 0 aliphatic heterocycles. The number of thioether (sulfide) groups is 1. The molecule has 0 heterocycles. The fourth-order valence-corrected chi connectivity index (χ4v) is 2.37. The van der Waals surface area contributed by atoms with Crippen LogP contribution in [0.5, 0.6) is 0 Å². The fraction of sp³-hybridized carbons (Fsp3) is 0.500. The number of nitrogens with one attached hydrogen (secondary N) is 2. The SMILES string of the molecule is CCNC(=O)c1ccc(NC(C)CSCC)c(N)c1. The molecule has 1 aromatic carbocycles. The van der Waals surface area contributed by atoms with Gasteiger partial charge in [-0.3, -0.25) is 4.79 Å². The first-order valence-corrected chi connectivity index (χ1v) is 7.75. The molecule has 19 heavy (non-hydrogen) atoms. The highest BCUT2D eigenvalue weighted by molar-refractivity contribution is 7.99. The van der Waals surface area contributed by atoms with Gasteiger partial charge in [-0.2, -0.15) is 11.8 Å². The molecule has 4 N–H and O–H groups in total. The summed E-state index contributed by atoms with van der Waals surface area (Å²) in [7, 11) is 0. The van der Waals surface area contributed by atoms with Gasteiger partial charge in [0.05, 0.1) is 11.4 Å². The molecule has 1 unspecified atom stereocenters. The van der Waals surface area contributed by atoms with Gasteiger partial charge in [0.1, 0.15) is 0 Å². The molecule has 0 bridgehead atoms. The molecule has 0 radical (unpaired) electrons. The molecule has 1 rings (SSSR count). The summed E-state index contributed by atoms with van der Waals surface area (Å²) in [5, 5.41) is 6.12. The fourth-order valence-electron chi connectivity index (χ4n) is 1.70. The van der Waals surface area contributed by atoms with Gasteiger partial charge in [0, 0.05) is 23.9 Å². The molecular formula is C14H23N3OS. The lowest BCUT2D eigenvalue weighted by atomic mass is 10.1. The van der Waals surface area contributed by atoms with Crippen molar-refractivity contribution >= 4 is 29.0 Å². The van der Waals surface area contributed by atoms with Crippen LogP contribution in [0.25, 0.3) is 0 Å². The lowest BCUT2D eigenvalue weighted by Crippen LogP contribution is -2.23. The van der Waals surface area contributed by atoms with Crippen LogP contribution in [-0.2, 0) is 0 Å². The largest absolute Gasteiger partial charge is 0.397 e.